The Morgan fingerprint density at radius 3 is 2.35 bits per heavy atom. The SMILES string of the molecule is COc1cccc(C(=O)N2CCN(S(=O)(=O)c3ccc4c(c3)sc(=O)n4C(C)C)CC2)c1OC. The molecule has 2 heterocycles. The van der Waals surface area contributed by atoms with Crippen LogP contribution in [0.2, 0.25) is 0 Å². The first-order valence-electron chi connectivity index (χ1n) is 10.8. The van der Waals surface area contributed by atoms with Crippen molar-refractivity contribution in [3.63, 3.8) is 0 Å². The standard InChI is InChI=1S/C23H27N3O6S2/c1-15(2)26-18-9-8-16(14-20(18)33-23(26)28)34(29,30)25-12-10-24(11-13-25)22(27)17-6-5-7-19(31-3)21(17)32-4/h5-9,14-15H,10-13H2,1-4H3. The van der Waals surface area contributed by atoms with Crippen molar-refractivity contribution in [1.82, 2.24) is 13.8 Å². The molecular formula is C23H27N3O6S2. The van der Waals surface area contributed by atoms with Crippen molar-refractivity contribution in [3.8, 4) is 11.5 Å². The number of hydrogen-bond acceptors (Lipinski definition) is 7. The monoisotopic (exact) mass is 505 g/mol. The van der Waals surface area contributed by atoms with Crippen molar-refractivity contribution in [2.45, 2.75) is 24.8 Å². The zero-order chi connectivity index (χ0) is 24.6. The molecule has 4 rings (SSSR count). The van der Waals surface area contributed by atoms with Gasteiger partial charge in [0.05, 0.1) is 34.9 Å². The minimum atomic E-state index is -3.77. The Kier molecular flexibility index (Phi) is 6.70. The number of rotatable bonds is 6. The first kappa shape index (κ1) is 24.2. The molecule has 0 atom stereocenters. The number of piperazine rings is 1. The zero-order valence-electron chi connectivity index (χ0n) is 19.5. The van der Waals surface area contributed by atoms with Gasteiger partial charge >= 0.3 is 4.87 Å². The molecular weight excluding hydrogens is 478 g/mol. The molecule has 3 aromatic rings. The van der Waals surface area contributed by atoms with Crippen molar-refractivity contribution in [2.75, 3.05) is 40.4 Å². The molecule has 0 spiro atoms. The third-order valence-electron chi connectivity index (χ3n) is 5.90. The first-order valence-corrected chi connectivity index (χ1v) is 13.1. The van der Waals surface area contributed by atoms with E-state index in [1.807, 2.05) is 13.8 Å². The predicted molar refractivity (Wildman–Crippen MR) is 131 cm³/mol. The summed E-state index contributed by atoms with van der Waals surface area (Å²) in [5.41, 5.74) is 1.10. The van der Waals surface area contributed by atoms with E-state index in [0.717, 1.165) is 16.9 Å². The van der Waals surface area contributed by atoms with E-state index in [1.165, 1.54) is 18.5 Å². The third kappa shape index (κ3) is 4.19. The molecule has 9 nitrogen and oxygen atoms in total. The van der Waals surface area contributed by atoms with Crippen LogP contribution in [0, 0.1) is 0 Å². The average molecular weight is 506 g/mol. The van der Waals surface area contributed by atoms with Crippen LogP contribution >= 0.6 is 11.3 Å². The molecule has 2 aromatic carbocycles. The lowest BCUT2D eigenvalue weighted by Crippen LogP contribution is -2.50. The van der Waals surface area contributed by atoms with Crippen LogP contribution in [0.25, 0.3) is 10.2 Å². The van der Waals surface area contributed by atoms with Crippen LogP contribution in [0.4, 0.5) is 0 Å². The van der Waals surface area contributed by atoms with Gasteiger partial charge in [0.15, 0.2) is 11.5 Å². The zero-order valence-corrected chi connectivity index (χ0v) is 21.1. The largest absolute Gasteiger partial charge is 0.493 e. The molecule has 11 heteroatoms. The number of carbonyl (C=O) groups is 1. The molecule has 0 N–H and O–H groups in total. The van der Waals surface area contributed by atoms with Gasteiger partial charge in [-0.05, 0) is 44.2 Å². The number of para-hydroxylation sites is 1. The van der Waals surface area contributed by atoms with Crippen molar-refractivity contribution in [1.29, 1.82) is 0 Å². The Balaban J connectivity index is 1.53. The van der Waals surface area contributed by atoms with E-state index in [9.17, 15) is 18.0 Å². The summed E-state index contributed by atoms with van der Waals surface area (Å²) in [5, 5.41) is 0. The summed E-state index contributed by atoms with van der Waals surface area (Å²) in [7, 11) is -0.791. The van der Waals surface area contributed by atoms with E-state index in [0.29, 0.717) is 21.8 Å². The Labute approximate surface area is 202 Å². The second kappa shape index (κ2) is 9.40. The highest BCUT2D eigenvalue weighted by Crippen LogP contribution is 2.32. The number of carbonyl (C=O) groups excluding carboxylic acids is 1. The van der Waals surface area contributed by atoms with Gasteiger partial charge in [-0.1, -0.05) is 17.4 Å². The number of ether oxygens (including phenoxy) is 2. The molecule has 1 saturated heterocycles. The molecule has 1 fully saturated rings. The number of methoxy groups -OCH3 is 2. The fraction of sp³-hybridized carbons (Fsp3) is 0.391. The second-order valence-electron chi connectivity index (χ2n) is 8.20. The summed E-state index contributed by atoms with van der Waals surface area (Å²) >= 11 is 1.04. The number of thiazole rings is 1. The highest BCUT2D eigenvalue weighted by atomic mass is 32.2. The molecule has 0 aliphatic carbocycles. The van der Waals surface area contributed by atoms with Gasteiger partial charge in [-0.2, -0.15) is 4.31 Å². The minimum Gasteiger partial charge on any atom is -0.493 e. The molecule has 182 valence electrons. The average Bonchev–Trinajstić information content (AvgIpc) is 3.18. The van der Waals surface area contributed by atoms with Gasteiger partial charge < -0.3 is 14.4 Å². The minimum absolute atomic E-state index is 0.0162. The number of hydrogen-bond donors (Lipinski definition) is 0. The fourth-order valence-electron chi connectivity index (χ4n) is 4.17. The highest BCUT2D eigenvalue weighted by molar-refractivity contribution is 7.89. The Bertz CT molecular complexity index is 1390. The van der Waals surface area contributed by atoms with E-state index in [4.69, 9.17) is 9.47 Å². The van der Waals surface area contributed by atoms with Crippen molar-refractivity contribution in [3.05, 3.63) is 51.6 Å². The van der Waals surface area contributed by atoms with Crippen molar-refractivity contribution < 1.29 is 22.7 Å². The van der Waals surface area contributed by atoms with Gasteiger partial charge in [-0.3, -0.25) is 14.2 Å². The number of sulfonamides is 1. The molecule has 1 aliphatic rings. The van der Waals surface area contributed by atoms with E-state index in [1.54, 1.807) is 45.9 Å². The number of fused-ring (bicyclic) bond motifs is 1. The lowest BCUT2D eigenvalue weighted by Gasteiger charge is -2.34. The van der Waals surface area contributed by atoms with Gasteiger partial charge in [0.1, 0.15) is 0 Å². The quantitative estimate of drug-likeness (QED) is 0.511. The Morgan fingerprint density at radius 2 is 1.74 bits per heavy atom. The summed E-state index contributed by atoms with van der Waals surface area (Å²) in [4.78, 5) is 27.1. The number of amides is 1. The lowest BCUT2D eigenvalue weighted by atomic mass is 10.1. The van der Waals surface area contributed by atoms with E-state index in [2.05, 4.69) is 0 Å². The van der Waals surface area contributed by atoms with Gasteiger partial charge in [-0.25, -0.2) is 8.42 Å². The molecule has 1 aromatic heterocycles. The molecule has 1 amide bonds. The van der Waals surface area contributed by atoms with Crippen LogP contribution < -0.4 is 14.3 Å². The van der Waals surface area contributed by atoms with E-state index in [-0.39, 0.29) is 47.9 Å². The van der Waals surface area contributed by atoms with Gasteiger partial charge in [0.25, 0.3) is 5.91 Å². The second-order valence-corrected chi connectivity index (χ2v) is 11.1. The van der Waals surface area contributed by atoms with Crippen molar-refractivity contribution in [2.24, 2.45) is 0 Å². The number of nitrogens with zero attached hydrogens (tertiary/aromatic N) is 3. The molecule has 0 saturated carbocycles. The maximum Gasteiger partial charge on any atom is 0.308 e. The number of benzene rings is 2. The van der Waals surface area contributed by atoms with Crippen LogP contribution in [-0.2, 0) is 10.0 Å². The maximum atomic E-state index is 13.3. The van der Waals surface area contributed by atoms with Gasteiger partial charge in [-0.15, -0.1) is 0 Å². The molecule has 34 heavy (non-hydrogen) atoms. The topological polar surface area (TPSA) is 98.2 Å². The molecule has 0 bridgehead atoms. The molecule has 1 aliphatic heterocycles. The number of aromatic nitrogens is 1. The maximum absolute atomic E-state index is 13.3. The van der Waals surface area contributed by atoms with Gasteiger partial charge in [0.2, 0.25) is 10.0 Å². The molecule has 0 radical (unpaired) electrons. The predicted octanol–water partition coefficient (Wildman–Crippen LogP) is 2.81. The summed E-state index contributed by atoms with van der Waals surface area (Å²) in [6.07, 6.45) is 0. The van der Waals surface area contributed by atoms with Gasteiger partial charge in [0, 0.05) is 32.2 Å². The van der Waals surface area contributed by atoms with Crippen LogP contribution in [0.1, 0.15) is 30.2 Å². The summed E-state index contributed by atoms with van der Waals surface area (Å²) in [5.74, 6) is 0.568. The van der Waals surface area contributed by atoms with Crippen LogP contribution in [-0.4, -0.2) is 68.5 Å². The Hall–Kier alpha value is -2.89. The first-order chi connectivity index (χ1) is 16.2. The lowest BCUT2D eigenvalue weighted by molar-refractivity contribution is 0.0694. The summed E-state index contributed by atoms with van der Waals surface area (Å²) < 4.78 is 40.9. The normalized spacial score (nSPS) is 15.1. The Morgan fingerprint density at radius 1 is 1.03 bits per heavy atom. The van der Waals surface area contributed by atoms with Crippen molar-refractivity contribution >= 4 is 37.5 Å². The fourth-order valence-corrected chi connectivity index (χ4v) is 6.75. The van der Waals surface area contributed by atoms with E-state index < -0.39 is 10.0 Å². The van der Waals surface area contributed by atoms with E-state index >= 15 is 0 Å². The summed E-state index contributed by atoms with van der Waals surface area (Å²) in [6, 6.07) is 9.87. The third-order valence-corrected chi connectivity index (χ3v) is 8.71. The van der Waals surface area contributed by atoms with Crippen LogP contribution in [0.15, 0.2) is 46.1 Å². The molecule has 0 unspecified atom stereocenters. The van der Waals surface area contributed by atoms with Crippen LogP contribution in [0.5, 0.6) is 11.5 Å². The highest BCUT2D eigenvalue weighted by Gasteiger charge is 2.32. The van der Waals surface area contributed by atoms with Crippen LogP contribution in [0.3, 0.4) is 0 Å². The smallest absolute Gasteiger partial charge is 0.308 e. The summed E-state index contributed by atoms with van der Waals surface area (Å²) in [6.45, 7) is 4.67.